The standard InChI is InChI=1S/C21H12F14I2/c22-15(23,9-11-1-5-13(36)6-2-11)17(26,27)19(30,31)21(34,35)20(32,33)18(28,29)16(24,25)10-12-3-7-14(37)8-4-12/h1-8H,9-10H2. The summed E-state index contributed by atoms with van der Waals surface area (Å²) in [6.07, 6.45) is -4.79. The SMILES string of the molecule is FC(F)(Cc1ccc(I)cc1)C(F)(F)C(F)(F)C(F)(F)C(F)(F)C(F)(F)C(F)(F)Cc1ccc(I)cc1. The fourth-order valence-electron chi connectivity index (χ4n) is 2.99. The molecule has 0 aromatic heterocycles. The second-order valence-corrected chi connectivity index (χ2v) is 10.4. The molecule has 0 unspecified atom stereocenters. The van der Waals surface area contributed by atoms with E-state index >= 15 is 0 Å². The Balaban J connectivity index is 2.48. The lowest BCUT2D eigenvalue weighted by atomic mass is 9.86. The molecule has 0 atom stereocenters. The van der Waals surface area contributed by atoms with Crippen LogP contribution in [0.3, 0.4) is 0 Å². The highest BCUT2D eigenvalue weighted by Gasteiger charge is 2.92. The zero-order chi connectivity index (χ0) is 28.9. The number of alkyl halides is 14. The predicted molar refractivity (Wildman–Crippen MR) is 120 cm³/mol. The van der Waals surface area contributed by atoms with Gasteiger partial charge in [0.15, 0.2) is 0 Å². The monoisotopic (exact) mass is 784 g/mol. The minimum Gasteiger partial charge on any atom is -0.199 e. The molecular formula is C21H12F14I2. The first-order valence-corrected chi connectivity index (χ1v) is 11.7. The van der Waals surface area contributed by atoms with Gasteiger partial charge in [-0.15, -0.1) is 0 Å². The Labute approximate surface area is 227 Å². The van der Waals surface area contributed by atoms with Crippen molar-refractivity contribution in [1.29, 1.82) is 0 Å². The lowest BCUT2D eigenvalue weighted by Crippen LogP contribution is -2.73. The Morgan fingerprint density at radius 3 is 0.838 bits per heavy atom. The third-order valence-corrected chi connectivity index (χ3v) is 6.61. The second-order valence-electron chi connectivity index (χ2n) is 7.89. The van der Waals surface area contributed by atoms with Gasteiger partial charge in [0, 0.05) is 20.0 Å². The van der Waals surface area contributed by atoms with E-state index in [0.29, 0.717) is 31.4 Å². The summed E-state index contributed by atoms with van der Waals surface area (Å²) in [7, 11) is 0. The van der Waals surface area contributed by atoms with E-state index < -0.39 is 65.4 Å². The van der Waals surface area contributed by atoms with Crippen LogP contribution in [0.4, 0.5) is 61.5 Å². The molecular weight excluding hydrogens is 772 g/mol. The van der Waals surface area contributed by atoms with Crippen LogP contribution in [0.5, 0.6) is 0 Å². The van der Waals surface area contributed by atoms with E-state index in [1.54, 1.807) is 45.2 Å². The lowest BCUT2D eigenvalue weighted by Gasteiger charge is -2.42. The Kier molecular flexibility index (Phi) is 8.81. The van der Waals surface area contributed by atoms with Crippen molar-refractivity contribution in [3.05, 3.63) is 66.8 Å². The molecule has 0 aliphatic carbocycles. The fourth-order valence-corrected chi connectivity index (χ4v) is 3.71. The van der Waals surface area contributed by atoms with E-state index in [0.717, 1.165) is 24.3 Å². The van der Waals surface area contributed by atoms with E-state index in [4.69, 9.17) is 0 Å². The maximum absolute atomic E-state index is 14.1. The molecule has 37 heavy (non-hydrogen) atoms. The van der Waals surface area contributed by atoms with E-state index in [1.165, 1.54) is 0 Å². The average Bonchev–Trinajstić information content (AvgIpc) is 2.75. The minimum atomic E-state index is -8.07. The maximum Gasteiger partial charge on any atom is 0.384 e. The van der Waals surface area contributed by atoms with Gasteiger partial charge >= 0.3 is 41.5 Å². The van der Waals surface area contributed by atoms with Gasteiger partial charge in [0.2, 0.25) is 0 Å². The van der Waals surface area contributed by atoms with Crippen LogP contribution in [0.25, 0.3) is 0 Å². The molecule has 0 N–H and O–H groups in total. The third kappa shape index (κ3) is 5.50. The summed E-state index contributed by atoms with van der Waals surface area (Å²) in [4.78, 5) is 0. The largest absolute Gasteiger partial charge is 0.384 e. The summed E-state index contributed by atoms with van der Waals surface area (Å²) < 4.78 is 198. The van der Waals surface area contributed by atoms with Crippen molar-refractivity contribution in [3.8, 4) is 0 Å². The van der Waals surface area contributed by atoms with Crippen LogP contribution in [0.1, 0.15) is 11.1 Å². The molecule has 0 heterocycles. The molecule has 0 aliphatic heterocycles. The fraction of sp³-hybridized carbons (Fsp3) is 0.429. The van der Waals surface area contributed by atoms with Crippen LogP contribution in [-0.4, -0.2) is 41.5 Å². The first-order chi connectivity index (χ1) is 16.4. The molecule has 2 aromatic carbocycles. The van der Waals surface area contributed by atoms with Crippen molar-refractivity contribution in [2.45, 2.75) is 54.3 Å². The van der Waals surface area contributed by atoms with Crippen molar-refractivity contribution in [1.82, 2.24) is 0 Å². The zero-order valence-corrected chi connectivity index (χ0v) is 21.9. The van der Waals surface area contributed by atoms with Gasteiger partial charge in [-0.3, -0.25) is 0 Å². The molecule has 16 heteroatoms. The number of benzene rings is 2. The van der Waals surface area contributed by atoms with Crippen LogP contribution in [-0.2, 0) is 12.8 Å². The van der Waals surface area contributed by atoms with Gasteiger partial charge in [-0.25, -0.2) is 0 Å². The number of halogens is 16. The van der Waals surface area contributed by atoms with E-state index in [1.807, 2.05) is 0 Å². The first kappa shape index (κ1) is 32.1. The minimum absolute atomic E-state index is 0.348. The normalized spacial score (nSPS) is 14.7. The molecule has 2 rings (SSSR count). The topological polar surface area (TPSA) is 0 Å². The van der Waals surface area contributed by atoms with Gasteiger partial charge < -0.3 is 0 Å². The first-order valence-electron chi connectivity index (χ1n) is 9.58. The van der Waals surface area contributed by atoms with Gasteiger partial charge in [-0.1, -0.05) is 24.3 Å². The highest BCUT2D eigenvalue weighted by atomic mass is 127. The number of rotatable bonds is 10. The Hall–Kier alpha value is -1.08. The van der Waals surface area contributed by atoms with Crippen molar-refractivity contribution >= 4 is 45.2 Å². The van der Waals surface area contributed by atoms with Crippen molar-refractivity contribution in [2.75, 3.05) is 0 Å². The summed E-state index contributed by atoms with van der Waals surface area (Å²) >= 11 is 3.27. The van der Waals surface area contributed by atoms with Gasteiger partial charge in [-0.2, -0.15) is 61.5 Å². The second kappa shape index (κ2) is 10.1. The third-order valence-electron chi connectivity index (χ3n) is 5.17. The summed E-state index contributed by atoms with van der Waals surface area (Å²) in [6, 6.07) is 6.93. The summed E-state index contributed by atoms with van der Waals surface area (Å²) in [6.45, 7) is 0. The van der Waals surface area contributed by atoms with Crippen LogP contribution >= 0.6 is 45.2 Å². The predicted octanol–water partition coefficient (Wildman–Crippen LogP) is 9.13. The number of hydrogen-bond donors (Lipinski definition) is 0. The van der Waals surface area contributed by atoms with Crippen LogP contribution in [0.15, 0.2) is 48.5 Å². The van der Waals surface area contributed by atoms with Gasteiger partial charge in [0.1, 0.15) is 0 Å². The summed E-state index contributed by atoms with van der Waals surface area (Å²) in [5.74, 6) is -51.1. The molecule has 0 saturated carbocycles. The maximum atomic E-state index is 14.1. The van der Waals surface area contributed by atoms with E-state index in [2.05, 4.69) is 0 Å². The summed E-state index contributed by atoms with van der Waals surface area (Å²) in [5, 5.41) is 0. The van der Waals surface area contributed by atoms with E-state index in [-0.39, 0.29) is 0 Å². The Morgan fingerprint density at radius 2 is 0.595 bits per heavy atom. The van der Waals surface area contributed by atoms with Crippen molar-refractivity contribution in [2.24, 2.45) is 0 Å². The molecule has 0 spiro atoms. The molecule has 2 aromatic rings. The molecule has 0 nitrogen and oxygen atoms in total. The molecule has 0 saturated heterocycles. The highest BCUT2D eigenvalue weighted by molar-refractivity contribution is 14.1. The quantitative estimate of drug-likeness (QED) is 0.167. The molecule has 0 amide bonds. The highest BCUT2D eigenvalue weighted by Crippen LogP contribution is 2.62. The van der Waals surface area contributed by atoms with Crippen LogP contribution in [0.2, 0.25) is 0 Å². The van der Waals surface area contributed by atoms with E-state index in [9.17, 15) is 61.5 Å². The molecule has 208 valence electrons. The zero-order valence-electron chi connectivity index (χ0n) is 17.6. The average molecular weight is 784 g/mol. The summed E-state index contributed by atoms with van der Waals surface area (Å²) in [5.41, 5.74) is -1.66. The molecule has 0 radical (unpaired) electrons. The van der Waals surface area contributed by atoms with Crippen molar-refractivity contribution in [3.63, 3.8) is 0 Å². The molecule has 0 bridgehead atoms. The van der Waals surface area contributed by atoms with Gasteiger partial charge in [0.25, 0.3) is 0 Å². The van der Waals surface area contributed by atoms with Crippen LogP contribution < -0.4 is 0 Å². The lowest BCUT2D eigenvalue weighted by molar-refractivity contribution is -0.441. The van der Waals surface area contributed by atoms with Crippen LogP contribution in [0, 0.1) is 7.14 Å². The Bertz CT molecular complexity index is 994. The van der Waals surface area contributed by atoms with Gasteiger partial charge in [-0.05, 0) is 80.6 Å². The molecule has 0 fully saturated rings. The smallest absolute Gasteiger partial charge is 0.199 e. The number of hydrogen-bond acceptors (Lipinski definition) is 0. The Morgan fingerprint density at radius 1 is 0.378 bits per heavy atom. The molecule has 0 aliphatic rings. The van der Waals surface area contributed by atoms with Crippen molar-refractivity contribution < 1.29 is 61.5 Å². The van der Waals surface area contributed by atoms with Gasteiger partial charge in [0.05, 0.1) is 0 Å².